The van der Waals surface area contributed by atoms with Crippen LogP contribution in [-0.2, 0) is 26.5 Å². The van der Waals surface area contributed by atoms with Gasteiger partial charge in [-0.2, -0.15) is 12.1 Å². The number of benzene rings is 6. The molecule has 0 fully saturated rings. The summed E-state index contributed by atoms with van der Waals surface area (Å²) in [4.78, 5) is 14.1. The van der Waals surface area contributed by atoms with Gasteiger partial charge in [-0.05, 0) is 77.0 Å². The number of nitrogens with zero attached hydrogens (tertiary/aromatic N) is 6. The molecule has 7 nitrogen and oxygen atoms in total. The minimum Gasteiger partial charge on any atom is -0.509 e. The number of para-hydroxylation sites is 3. The second-order valence-corrected chi connectivity index (χ2v) is 15.7. The summed E-state index contributed by atoms with van der Waals surface area (Å²) in [6.45, 7) is 8.77. The van der Waals surface area contributed by atoms with Crippen molar-refractivity contribution in [3.63, 3.8) is 0 Å². The molecular formula is C51H37N6OPt-3. The molecule has 59 heavy (non-hydrogen) atoms. The second-order valence-electron chi connectivity index (χ2n) is 15.7. The zero-order chi connectivity index (χ0) is 39.0. The molecule has 290 valence electrons. The van der Waals surface area contributed by atoms with E-state index in [1.165, 1.54) is 10.9 Å². The standard InChI is InChI=1S/C51H37N6O.Pt/c1-51(2,3)34-27-29-52-48(30-34)57-42-20-9-7-18-39(42)40-26-25-38(32-47(40)57)58-37-17-11-16-36(31-37)54-33-55(50-46(54)24-13-28-53-50)44-22-12-23-45-49(44)41-19-8-10-21-43(41)56(45)35-14-5-4-6-15-35;/h4-30,33H,1-3H3;/q-3;. The van der Waals surface area contributed by atoms with Crippen molar-refractivity contribution in [2.45, 2.75) is 26.2 Å². The number of hydrogen-bond acceptors (Lipinski definition) is 5. The fourth-order valence-corrected chi connectivity index (χ4v) is 8.35. The third kappa shape index (κ3) is 6.07. The van der Waals surface area contributed by atoms with Crippen molar-refractivity contribution in [1.29, 1.82) is 0 Å². The zero-order valence-electron chi connectivity index (χ0n) is 32.6. The van der Waals surface area contributed by atoms with E-state index in [-0.39, 0.29) is 26.5 Å². The van der Waals surface area contributed by atoms with Gasteiger partial charge in [-0.3, -0.25) is 0 Å². The van der Waals surface area contributed by atoms with Crippen molar-refractivity contribution >= 4 is 66.5 Å². The number of fused-ring (bicyclic) bond motifs is 7. The molecule has 0 atom stereocenters. The van der Waals surface area contributed by atoms with Crippen molar-refractivity contribution in [3.8, 4) is 23.0 Å². The van der Waals surface area contributed by atoms with Gasteiger partial charge >= 0.3 is 0 Å². The summed E-state index contributed by atoms with van der Waals surface area (Å²) in [5.74, 6) is 2.85. The maximum absolute atomic E-state index is 6.58. The van der Waals surface area contributed by atoms with Gasteiger partial charge in [0.15, 0.2) is 0 Å². The molecule has 10 aromatic rings. The van der Waals surface area contributed by atoms with Crippen LogP contribution in [-0.4, -0.2) is 19.1 Å². The normalized spacial score (nSPS) is 12.7. The van der Waals surface area contributed by atoms with Crippen LogP contribution in [0.3, 0.4) is 0 Å². The summed E-state index contributed by atoms with van der Waals surface area (Å²) in [7, 11) is 0. The summed E-state index contributed by atoms with van der Waals surface area (Å²) in [6.07, 6.45) is 3.74. The van der Waals surface area contributed by atoms with Gasteiger partial charge in [0.25, 0.3) is 0 Å². The van der Waals surface area contributed by atoms with Crippen LogP contribution < -0.4 is 14.5 Å². The van der Waals surface area contributed by atoms with E-state index in [4.69, 9.17) is 14.7 Å². The summed E-state index contributed by atoms with van der Waals surface area (Å²) >= 11 is 0. The van der Waals surface area contributed by atoms with E-state index in [0.29, 0.717) is 11.5 Å². The van der Waals surface area contributed by atoms with Crippen LogP contribution in [0.15, 0.2) is 164 Å². The quantitative estimate of drug-likeness (QED) is 0.156. The van der Waals surface area contributed by atoms with Crippen LogP contribution in [0.5, 0.6) is 11.5 Å². The van der Waals surface area contributed by atoms with Crippen molar-refractivity contribution < 1.29 is 25.8 Å². The Morgan fingerprint density at radius 2 is 1.27 bits per heavy atom. The van der Waals surface area contributed by atoms with Crippen LogP contribution in [0.1, 0.15) is 26.3 Å². The first kappa shape index (κ1) is 36.6. The van der Waals surface area contributed by atoms with E-state index < -0.39 is 0 Å². The minimum atomic E-state index is -0.0220. The van der Waals surface area contributed by atoms with Crippen molar-refractivity contribution in [2.75, 3.05) is 9.80 Å². The topological polar surface area (TPSA) is 51.4 Å². The van der Waals surface area contributed by atoms with Crippen LogP contribution in [0.2, 0.25) is 0 Å². The van der Waals surface area contributed by atoms with Crippen molar-refractivity contribution in [2.24, 2.45) is 0 Å². The third-order valence-corrected chi connectivity index (χ3v) is 11.1. The smallest absolute Gasteiger partial charge is 0.135 e. The summed E-state index contributed by atoms with van der Waals surface area (Å²) in [5, 5.41) is 4.55. The van der Waals surface area contributed by atoms with Crippen LogP contribution >= 0.6 is 0 Å². The monoisotopic (exact) mass is 944 g/mol. The number of rotatable bonds is 6. The molecular weight excluding hydrogens is 908 g/mol. The molecule has 0 spiro atoms. The molecule has 0 radical (unpaired) electrons. The molecule has 0 aliphatic carbocycles. The van der Waals surface area contributed by atoms with Gasteiger partial charge in [-0.25, -0.2) is 9.97 Å². The molecule has 1 aliphatic rings. The fraction of sp³-hybridized carbons (Fsp3) is 0.0784. The Kier molecular flexibility index (Phi) is 8.88. The Hall–Kier alpha value is -6.69. The Balaban J connectivity index is 0.00000420. The molecule has 5 heterocycles. The second kappa shape index (κ2) is 14.3. The average molecular weight is 945 g/mol. The maximum Gasteiger partial charge on any atom is 0.135 e. The molecule has 8 heteroatoms. The van der Waals surface area contributed by atoms with E-state index in [9.17, 15) is 0 Å². The molecule has 6 aromatic carbocycles. The van der Waals surface area contributed by atoms with Gasteiger partial charge in [0, 0.05) is 72.6 Å². The largest absolute Gasteiger partial charge is 0.509 e. The molecule has 0 unspecified atom stereocenters. The van der Waals surface area contributed by atoms with Gasteiger partial charge in [-0.1, -0.05) is 87.0 Å². The first-order valence-electron chi connectivity index (χ1n) is 19.5. The summed E-state index contributed by atoms with van der Waals surface area (Å²) in [6, 6.07) is 59.6. The van der Waals surface area contributed by atoms with Gasteiger partial charge in [0.1, 0.15) is 11.6 Å². The predicted molar refractivity (Wildman–Crippen MR) is 235 cm³/mol. The Labute approximate surface area is 357 Å². The van der Waals surface area contributed by atoms with Gasteiger partial charge in [0.2, 0.25) is 0 Å². The van der Waals surface area contributed by atoms with E-state index in [2.05, 4.69) is 180 Å². The molecule has 0 saturated heterocycles. The van der Waals surface area contributed by atoms with E-state index in [1.54, 1.807) is 0 Å². The molecule has 0 amide bonds. The molecule has 4 aromatic heterocycles. The Morgan fingerprint density at radius 1 is 0.559 bits per heavy atom. The van der Waals surface area contributed by atoms with Gasteiger partial charge in [0.05, 0.1) is 16.7 Å². The van der Waals surface area contributed by atoms with Crippen LogP contribution in [0.25, 0.3) is 55.1 Å². The Bertz CT molecular complexity index is 3200. The molecule has 11 rings (SSSR count). The first-order valence-corrected chi connectivity index (χ1v) is 19.5. The summed E-state index contributed by atoms with van der Waals surface area (Å²) < 4.78 is 11.1. The van der Waals surface area contributed by atoms with E-state index in [0.717, 1.165) is 72.6 Å². The maximum atomic E-state index is 6.58. The molecule has 0 saturated carbocycles. The third-order valence-electron chi connectivity index (χ3n) is 11.1. The molecule has 1 aliphatic heterocycles. The number of ether oxygens (including phenoxy) is 1. The fourth-order valence-electron chi connectivity index (χ4n) is 8.35. The van der Waals surface area contributed by atoms with Gasteiger partial charge < -0.3 is 23.7 Å². The van der Waals surface area contributed by atoms with Crippen LogP contribution in [0.4, 0.5) is 22.9 Å². The molecule has 0 N–H and O–H groups in total. The summed E-state index contributed by atoms with van der Waals surface area (Å²) in [5.41, 5.74) is 9.37. The minimum absolute atomic E-state index is 0. The van der Waals surface area contributed by atoms with Crippen molar-refractivity contribution in [1.82, 2.24) is 19.1 Å². The number of hydrogen-bond donors (Lipinski definition) is 0. The van der Waals surface area contributed by atoms with E-state index in [1.807, 2.05) is 42.7 Å². The Morgan fingerprint density at radius 3 is 2.10 bits per heavy atom. The average Bonchev–Trinajstić information content (AvgIpc) is 3.92. The van der Waals surface area contributed by atoms with Crippen LogP contribution in [0, 0.1) is 18.8 Å². The first-order chi connectivity index (χ1) is 28.4. The SMILES string of the molecule is CC(C)(C)c1ccnc(-n2c3[c-]c(Oc4[c-]c(N5[CH-]N(c6cccc7c6c6ccccc6n7-c6ccccc6)c6ncccc65)ccc4)ccc3c3ccccc32)c1.[Pt]. The number of aromatic nitrogens is 4. The molecule has 0 bridgehead atoms. The van der Waals surface area contributed by atoms with Crippen molar-refractivity contribution in [3.05, 3.63) is 188 Å². The zero-order valence-corrected chi connectivity index (χ0v) is 34.8. The number of pyridine rings is 2. The predicted octanol–water partition coefficient (Wildman–Crippen LogP) is 12.8. The number of anilines is 4. The van der Waals surface area contributed by atoms with Gasteiger partial charge in [-0.15, -0.1) is 48.1 Å². The van der Waals surface area contributed by atoms with E-state index >= 15 is 0 Å².